The highest BCUT2D eigenvalue weighted by Crippen LogP contribution is 2.20. The third kappa shape index (κ3) is 13.7. The van der Waals surface area contributed by atoms with Crippen LogP contribution in [-0.2, 0) is 0 Å². The standard InChI is InChI=1S/C11H23F3N2/c12-11(13,14)7-6-10-16-9-5-3-1-2-4-8-15/h16H,1-10,15H2. The van der Waals surface area contributed by atoms with Crippen molar-refractivity contribution < 1.29 is 13.2 Å². The Kier molecular flexibility index (Phi) is 9.72. The number of nitrogens with two attached hydrogens (primary N) is 1. The molecule has 0 heterocycles. The lowest BCUT2D eigenvalue weighted by Crippen LogP contribution is -2.19. The molecule has 0 saturated heterocycles. The molecule has 5 heteroatoms. The van der Waals surface area contributed by atoms with E-state index in [0.717, 1.165) is 38.8 Å². The van der Waals surface area contributed by atoms with E-state index >= 15 is 0 Å². The van der Waals surface area contributed by atoms with Gasteiger partial charge in [0, 0.05) is 6.42 Å². The van der Waals surface area contributed by atoms with Gasteiger partial charge in [-0.2, -0.15) is 13.2 Å². The van der Waals surface area contributed by atoms with Gasteiger partial charge in [-0.25, -0.2) is 0 Å². The fraction of sp³-hybridized carbons (Fsp3) is 1.00. The Balaban J connectivity index is 2.99. The van der Waals surface area contributed by atoms with E-state index in [0.29, 0.717) is 6.54 Å². The van der Waals surface area contributed by atoms with Crippen molar-refractivity contribution in [2.75, 3.05) is 19.6 Å². The summed E-state index contributed by atoms with van der Waals surface area (Å²) in [5.74, 6) is 0. The molecule has 3 N–H and O–H groups in total. The number of unbranched alkanes of at least 4 members (excludes halogenated alkanes) is 4. The van der Waals surface area contributed by atoms with E-state index in [-0.39, 0.29) is 6.42 Å². The average Bonchev–Trinajstić information content (AvgIpc) is 2.19. The molecular formula is C11H23F3N2. The minimum Gasteiger partial charge on any atom is -0.330 e. The van der Waals surface area contributed by atoms with Gasteiger partial charge in [0.25, 0.3) is 0 Å². The van der Waals surface area contributed by atoms with Crippen molar-refractivity contribution >= 4 is 0 Å². The van der Waals surface area contributed by atoms with Crippen LogP contribution in [-0.4, -0.2) is 25.8 Å². The second-order valence-corrected chi connectivity index (χ2v) is 4.03. The van der Waals surface area contributed by atoms with Crippen LogP contribution >= 0.6 is 0 Å². The maximum Gasteiger partial charge on any atom is 0.389 e. The van der Waals surface area contributed by atoms with E-state index in [9.17, 15) is 13.2 Å². The molecule has 0 saturated carbocycles. The summed E-state index contributed by atoms with van der Waals surface area (Å²) >= 11 is 0. The van der Waals surface area contributed by atoms with E-state index < -0.39 is 12.6 Å². The van der Waals surface area contributed by atoms with E-state index in [1.807, 2.05) is 0 Å². The Morgan fingerprint density at radius 3 is 2.00 bits per heavy atom. The van der Waals surface area contributed by atoms with Gasteiger partial charge in [0.05, 0.1) is 0 Å². The Morgan fingerprint density at radius 1 is 0.812 bits per heavy atom. The Labute approximate surface area is 95.8 Å². The molecule has 0 aliphatic heterocycles. The quantitative estimate of drug-likeness (QED) is 0.576. The van der Waals surface area contributed by atoms with Gasteiger partial charge in [-0.3, -0.25) is 0 Å². The van der Waals surface area contributed by atoms with Crippen LogP contribution in [0.15, 0.2) is 0 Å². The first-order valence-corrected chi connectivity index (χ1v) is 6.04. The SMILES string of the molecule is NCCCCCCCNCCCC(F)(F)F. The average molecular weight is 240 g/mol. The van der Waals surface area contributed by atoms with Crippen molar-refractivity contribution in [1.29, 1.82) is 0 Å². The van der Waals surface area contributed by atoms with Gasteiger partial charge in [-0.1, -0.05) is 19.3 Å². The lowest BCUT2D eigenvalue weighted by atomic mass is 10.1. The van der Waals surface area contributed by atoms with Gasteiger partial charge >= 0.3 is 6.18 Å². The summed E-state index contributed by atoms with van der Waals surface area (Å²) in [6, 6.07) is 0. The maximum atomic E-state index is 11.8. The molecule has 0 atom stereocenters. The number of alkyl halides is 3. The van der Waals surface area contributed by atoms with Gasteiger partial charge in [-0.15, -0.1) is 0 Å². The van der Waals surface area contributed by atoms with Crippen molar-refractivity contribution in [3.05, 3.63) is 0 Å². The highest BCUT2D eigenvalue weighted by molar-refractivity contribution is 4.54. The first kappa shape index (κ1) is 15.7. The Hall–Kier alpha value is -0.290. The number of nitrogens with one attached hydrogen (secondary N) is 1. The summed E-state index contributed by atoms with van der Waals surface area (Å²) in [7, 11) is 0. The second-order valence-electron chi connectivity index (χ2n) is 4.03. The molecule has 0 unspecified atom stereocenters. The van der Waals surface area contributed by atoms with Crippen LogP contribution in [0.4, 0.5) is 13.2 Å². The predicted molar refractivity (Wildman–Crippen MR) is 60.3 cm³/mol. The number of hydrogen-bond acceptors (Lipinski definition) is 2. The molecule has 0 rings (SSSR count). The van der Waals surface area contributed by atoms with Gasteiger partial charge < -0.3 is 11.1 Å². The van der Waals surface area contributed by atoms with E-state index in [1.54, 1.807) is 0 Å². The fourth-order valence-electron chi connectivity index (χ4n) is 1.46. The van der Waals surface area contributed by atoms with Crippen LogP contribution in [0, 0.1) is 0 Å². The molecule has 16 heavy (non-hydrogen) atoms. The van der Waals surface area contributed by atoms with Crippen molar-refractivity contribution in [3.63, 3.8) is 0 Å². The molecule has 98 valence electrons. The van der Waals surface area contributed by atoms with E-state index in [2.05, 4.69) is 5.32 Å². The van der Waals surface area contributed by atoms with Gasteiger partial charge in [-0.05, 0) is 38.9 Å². The monoisotopic (exact) mass is 240 g/mol. The van der Waals surface area contributed by atoms with Crippen LogP contribution < -0.4 is 11.1 Å². The first-order chi connectivity index (χ1) is 7.56. The molecule has 2 nitrogen and oxygen atoms in total. The van der Waals surface area contributed by atoms with Gasteiger partial charge in [0.15, 0.2) is 0 Å². The zero-order chi connectivity index (χ0) is 12.3. The maximum absolute atomic E-state index is 11.8. The summed E-state index contributed by atoms with van der Waals surface area (Å²) in [5.41, 5.74) is 5.36. The van der Waals surface area contributed by atoms with Gasteiger partial charge in [0.2, 0.25) is 0 Å². The minimum atomic E-state index is -4.01. The first-order valence-electron chi connectivity index (χ1n) is 6.04. The summed E-state index contributed by atoms with van der Waals surface area (Å²) in [4.78, 5) is 0. The van der Waals surface area contributed by atoms with E-state index in [1.165, 1.54) is 6.42 Å². The zero-order valence-electron chi connectivity index (χ0n) is 9.78. The van der Waals surface area contributed by atoms with Crippen molar-refractivity contribution in [2.45, 2.75) is 51.1 Å². The summed E-state index contributed by atoms with van der Waals surface area (Å²) in [6.07, 6.45) is 1.05. The molecule has 0 aromatic rings. The number of hydrogen-bond donors (Lipinski definition) is 2. The van der Waals surface area contributed by atoms with Crippen LogP contribution in [0.25, 0.3) is 0 Å². The van der Waals surface area contributed by atoms with Crippen LogP contribution in [0.2, 0.25) is 0 Å². The fourth-order valence-corrected chi connectivity index (χ4v) is 1.46. The molecule has 0 aliphatic rings. The largest absolute Gasteiger partial charge is 0.389 e. The highest BCUT2D eigenvalue weighted by Gasteiger charge is 2.25. The van der Waals surface area contributed by atoms with Crippen molar-refractivity contribution in [3.8, 4) is 0 Å². The van der Waals surface area contributed by atoms with Crippen molar-refractivity contribution in [2.24, 2.45) is 5.73 Å². The van der Waals surface area contributed by atoms with Gasteiger partial charge in [0.1, 0.15) is 0 Å². The molecule has 0 aromatic carbocycles. The van der Waals surface area contributed by atoms with Crippen LogP contribution in [0.3, 0.4) is 0 Å². The molecule has 0 aromatic heterocycles. The Morgan fingerprint density at radius 2 is 1.38 bits per heavy atom. The predicted octanol–water partition coefficient (Wildman–Crippen LogP) is 2.83. The summed E-state index contributed by atoms with van der Waals surface area (Å²) in [6.45, 7) is 2.03. The normalized spacial score (nSPS) is 12.0. The molecule has 0 bridgehead atoms. The smallest absolute Gasteiger partial charge is 0.330 e. The highest BCUT2D eigenvalue weighted by atomic mass is 19.4. The lowest BCUT2D eigenvalue weighted by Gasteiger charge is -2.07. The molecular weight excluding hydrogens is 217 g/mol. The van der Waals surface area contributed by atoms with E-state index in [4.69, 9.17) is 5.73 Å². The minimum absolute atomic E-state index is 0.177. The molecule has 0 aliphatic carbocycles. The number of halogens is 3. The topological polar surface area (TPSA) is 38.0 Å². The van der Waals surface area contributed by atoms with Crippen molar-refractivity contribution in [1.82, 2.24) is 5.32 Å². The van der Waals surface area contributed by atoms with Crippen LogP contribution in [0.5, 0.6) is 0 Å². The molecule has 0 fully saturated rings. The lowest BCUT2D eigenvalue weighted by molar-refractivity contribution is -0.135. The molecule has 0 amide bonds. The molecule has 0 radical (unpaired) electrons. The summed E-state index contributed by atoms with van der Waals surface area (Å²) in [5, 5.41) is 3.02. The third-order valence-corrected chi connectivity index (χ3v) is 2.37. The zero-order valence-corrected chi connectivity index (χ0v) is 9.78. The molecule has 0 spiro atoms. The van der Waals surface area contributed by atoms with Crippen LogP contribution in [0.1, 0.15) is 44.9 Å². The number of rotatable bonds is 10. The Bertz CT molecular complexity index is 149. The second kappa shape index (κ2) is 9.90. The third-order valence-electron chi connectivity index (χ3n) is 2.37. The summed E-state index contributed by atoms with van der Waals surface area (Å²) < 4.78 is 35.3.